The fourth-order valence-electron chi connectivity index (χ4n) is 3.24. The molecule has 28 heavy (non-hydrogen) atoms. The van der Waals surface area contributed by atoms with Gasteiger partial charge in [0.1, 0.15) is 11.5 Å². The summed E-state index contributed by atoms with van der Waals surface area (Å²) in [5, 5.41) is 9.64. The average molecular weight is 378 g/mol. The molecule has 4 rings (SSSR count). The van der Waals surface area contributed by atoms with E-state index < -0.39 is 0 Å². The van der Waals surface area contributed by atoms with Crippen molar-refractivity contribution in [3.63, 3.8) is 0 Å². The number of carbonyl (C=O) groups excluding carboxylic acids is 2. The summed E-state index contributed by atoms with van der Waals surface area (Å²) >= 11 is 0. The second-order valence-electron chi connectivity index (χ2n) is 6.68. The third kappa shape index (κ3) is 3.78. The maximum atomic E-state index is 13.1. The number of carbonyl (C=O) groups is 2. The van der Waals surface area contributed by atoms with Gasteiger partial charge in [-0.1, -0.05) is 6.07 Å². The number of aromatic nitrogens is 2. The van der Waals surface area contributed by atoms with Gasteiger partial charge in [0, 0.05) is 29.9 Å². The van der Waals surface area contributed by atoms with Crippen LogP contribution in [0.5, 0.6) is 0 Å². The fraction of sp³-hybridized carbons (Fsp3) is 0.190. The Bertz CT molecular complexity index is 1010. The van der Waals surface area contributed by atoms with Crippen molar-refractivity contribution in [3.05, 3.63) is 66.1 Å². The SMILES string of the molecule is O=C(Nc1cccc(N2CCCCC2=O)c1)c1cc(-c2ccc(F)cc2)n[nH]1. The van der Waals surface area contributed by atoms with E-state index in [1.807, 2.05) is 12.1 Å². The summed E-state index contributed by atoms with van der Waals surface area (Å²) in [6, 6.07) is 14.7. The molecule has 1 saturated heterocycles. The lowest BCUT2D eigenvalue weighted by atomic mass is 10.1. The molecule has 0 unspecified atom stereocenters. The zero-order chi connectivity index (χ0) is 19.5. The van der Waals surface area contributed by atoms with E-state index in [9.17, 15) is 14.0 Å². The molecule has 0 atom stereocenters. The van der Waals surface area contributed by atoms with Crippen LogP contribution in [0.1, 0.15) is 29.8 Å². The van der Waals surface area contributed by atoms with E-state index in [0.29, 0.717) is 35.6 Å². The third-order valence-corrected chi connectivity index (χ3v) is 4.70. The number of piperidine rings is 1. The predicted molar refractivity (Wildman–Crippen MR) is 105 cm³/mol. The highest BCUT2D eigenvalue weighted by molar-refractivity contribution is 6.04. The minimum absolute atomic E-state index is 0.104. The van der Waals surface area contributed by atoms with Crippen LogP contribution in [0.15, 0.2) is 54.6 Å². The van der Waals surface area contributed by atoms with E-state index in [0.717, 1.165) is 18.5 Å². The zero-order valence-electron chi connectivity index (χ0n) is 15.1. The molecular weight excluding hydrogens is 359 g/mol. The molecule has 7 heteroatoms. The van der Waals surface area contributed by atoms with Gasteiger partial charge in [-0.25, -0.2) is 4.39 Å². The number of halogens is 1. The van der Waals surface area contributed by atoms with Crippen LogP contribution in [0.4, 0.5) is 15.8 Å². The Morgan fingerprint density at radius 2 is 1.93 bits per heavy atom. The van der Waals surface area contributed by atoms with Crippen molar-refractivity contribution in [2.24, 2.45) is 0 Å². The standard InChI is InChI=1S/C21H19FN4O2/c22-15-9-7-14(8-10-15)18-13-19(25-24-18)21(28)23-16-4-3-5-17(12-16)26-11-2-1-6-20(26)27/h3-5,7-10,12-13H,1-2,6,11H2,(H,23,28)(H,24,25). The van der Waals surface area contributed by atoms with Gasteiger partial charge in [0.15, 0.2) is 0 Å². The number of aromatic amines is 1. The summed E-state index contributed by atoms with van der Waals surface area (Å²) in [6.07, 6.45) is 2.45. The summed E-state index contributed by atoms with van der Waals surface area (Å²) in [5.41, 5.74) is 2.93. The van der Waals surface area contributed by atoms with Crippen molar-refractivity contribution < 1.29 is 14.0 Å². The van der Waals surface area contributed by atoms with E-state index in [1.54, 1.807) is 35.2 Å². The first-order valence-electron chi connectivity index (χ1n) is 9.13. The molecule has 0 saturated carbocycles. The number of amides is 2. The zero-order valence-corrected chi connectivity index (χ0v) is 15.1. The molecule has 6 nitrogen and oxygen atoms in total. The van der Waals surface area contributed by atoms with Crippen LogP contribution in [-0.2, 0) is 4.79 Å². The highest BCUT2D eigenvalue weighted by Crippen LogP contribution is 2.24. The highest BCUT2D eigenvalue weighted by atomic mass is 19.1. The van der Waals surface area contributed by atoms with Crippen molar-refractivity contribution in [2.45, 2.75) is 19.3 Å². The first-order chi connectivity index (χ1) is 13.6. The average Bonchev–Trinajstić information content (AvgIpc) is 3.19. The van der Waals surface area contributed by atoms with Gasteiger partial charge < -0.3 is 10.2 Å². The molecule has 0 spiro atoms. The largest absolute Gasteiger partial charge is 0.321 e. The van der Waals surface area contributed by atoms with Crippen LogP contribution in [-0.4, -0.2) is 28.6 Å². The summed E-state index contributed by atoms with van der Waals surface area (Å²) < 4.78 is 13.1. The summed E-state index contributed by atoms with van der Waals surface area (Å²) in [6.45, 7) is 0.692. The molecule has 1 aromatic heterocycles. The number of hydrogen-bond donors (Lipinski definition) is 2. The summed E-state index contributed by atoms with van der Waals surface area (Å²) in [7, 11) is 0. The van der Waals surface area contributed by atoms with Gasteiger partial charge in [0.25, 0.3) is 5.91 Å². The van der Waals surface area contributed by atoms with Gasteiger partial charge in [-0.3, -0.25) is 14.7 Å². The van der Waals surface area contributed by atoms with Gasteiger partial charge in [-0.05, 0) is 61.4 Å². The molecule has 0 aliphatic carbocycles. The monoisotopic (exact) mass is 378 g/mol. The van der Waals surface area contributed by atoms with Crippen LogP contribution >= 0.6 is 0 Å². The molecule has 2 amide bonds. The van der Waals surface area contributed by atoms with Crippen molar-refractivity contribution in [1.29, 1.82) is 0 Å². The van der Waals surface area contributed by atoms with Gasteiger partial charge in [-0.2, -0.15) is 5.10 Å². The number of hydrogen-bond acceptors (Lipinski definition) is 3. The molecule has 3 aromatic rings. The number of nitrogens with zero attached hydrogens (tertiary/aromatic N) is 2. The van der Waals surface area contributed by atoms with E-state index in [2.05, 4.69) is 15.5 Å². The van der Waals surface area contributed by atoms with E-state index in [4.69, 9.17) is 0 Å². The second-order valence-corrected chi connectivity index (χ2v) is 6.68. The van der Waals surface area contributed by atoms with Crippen LogP contribution in [0.3, 0.4) is 0 Å². The van der Waals surface area contributed by atoms with E-state index in [1.165, 1.54) is 12.1 Å². The minimum Gasteiger partial charge on any atom is -0.321 e. The van der Waals surface area contributed by atoms with Crippen molar-refractivity contribution in [3.8, 4) is 11.3 Å². The molecule has 2 aromatic carbocycles. The lowest BCUT2D eigenvalue weighted by Gasteiger charge is -2.27. The lowest BCUT2D eigenvalue weighted by molar-refractivity contribution is -0.119. The Morgan fingerprint density at radius 1 is 1.11 bits per heavy atom. The van der Waals surface area contributed by atoms with Gasteiger partial charge in [0.2, 0.25) is 5.91 Å². The second kappa shape index (κ2) is 7.64. The maximum absolute atomic E-state index is 13.1. The Morgan fingerprint density at radius 3 is 2.71 bits per heavy atom. The van der Waals surface area contributed by atoms with Gasteiger partial charge >= 0.3 is 0 Å². The highest BCUT2D eigenvalue weighted by Gasteiger charge is 2.20. The van der Waals surface area contributed by atoms with E-state index in [-0.39, 0.29) is 17.6 Å². The molecule has 2 N–H and O–H groups in total. The smallest absolute Gasteiger partial charge is 0.273 e. The van der Waals surface area contributed by atoms with Crippen LogP contribution < -0.4 is 10.2 Å². The van der Waals surface area contributed by atoms with Crippen LogP contribution in [0.2, 0.25) is 0 Å². The Balaban J connectivity index is 1.49. The summed E-state index contributed by atoms with van der Waals surface area (Å²) in [5.74, 6) is -0.570. The molecule has 2 heterocycles. The third-order valence-electron chi connectivity index (χ3n) is 4.70. The maximum Gasteiger partial charge on any atom is 0.273 e. The predicted octanol–water partition coefficient (Wildman–Crippen LogP) is 3.99. The molecule has 1 fully saturated rings. The first kappa shape index (κ1) is 17.9. The molecule has 0 radical (unpaired) electrons. The normalized spacial score (nSPS) is 14.2. The van der Waals surface area contributed by atoms with Gasteiger partial charge in [-0.15, -0.1) is 0 Å². The number of rotatable bonds is 4. The molecule has 0 bridgehead atoms. The Kier molecular flexibility index (Phi) is 4.89. The minimum atomic E-state index is -0.344. The Labute approximate surface area is 161 Å². The molecule has 1 aliphatic rings. The first-order valence-corrected chi connectivity index (χ1v) is 9.13. The number of benzene rings is 2. The van der Waals surface area contributed by atoms with Gasteiger partial charge in [0.05, 0.1) is 5.69 Å². The van der Waals surface area contributed by atoms with Crippen molar-refractivity contribution in [2.75, 3.05) is 16.8 Å². The van der Waals surface area contributed by atoms with E-state index >= 15 is 0 Å². The van der Waals surface area contributed by atoms with Crippen molar-refractivity contribution >= 4 is 23.2 Å². The van der Waals surface area contributed by atoms with Crippen molar-refractivity contribution in [1.82, 2.24) is 10.2 Å². The summed E-state index contributed by atoms with van der Waals surface area (Å²) in [4.78, 5) is 26.4. The number of anilines is 2. The molecule has 1 aliphatic heterocycles. The lowest BCUT2D eigenvalue weighted by Crippen LogP contribution is -2.35. The fourth-order valence-corrected chi connectivity index (χ4v) is 3.24. The number of nitrogens with one attached hydrogen (secondary N) is 2. The molecule has 142 valence electrons. The topological polar surface area (TPSA) is 78.1 Å². The molecular formula is C21H19FN4O2. The number of H-pyrrole nitrogens is 1. The quantitative estimate of drug-likeness (QED) is 0.721. The van der Waals surface area contributed by atoms with Crippen LogP contribution in [0.25, 0.3) is 11.3 Å². The Hall–Kier alpha value is -3.48. The van der Waals surface area contributed by atoms with Crippen LogP contribution in [0, 0.1) is 5.82 Å².